The molecule has 0 bridgehead atoms. The molecule has 1 aliphatic rings. The fraction of sp³-hybridized carbons (Fsp3) is 0.278. The van der Waals surface area contributed by atoms with Crippen LogP contribution in [0.5, 0.6) is 0 Å². The molecule has 0 unspecified atom stereocenters. The molecule has 0 aliphatic carbocycles. The molecule has 0 atom stereocenters. The zero-order chi connectivity index (χ0) is 16.9. The van der Waals surface area contributed by atoms with Gasteiger partial charge in [-0.3, -0.25) is 14.6 Å². The molecule has 0 saturated carbocycles. The van der Waals surface area contributed by atoms with E-state index in [9.17, 15) is 9.59 Å². The monoisotopic (exact) mass is 343 g/mol. The number of amides is 2. The Bertz CT molecular complexity index is 740. The highest BCUT2D eigenvalue weighted by atomic mass is 35.5. The number of halogens is 1. The Morgan fingerprint density at radius 3 is 2.46 bits per heavy atom. The normalized spacial score (nSPS) is 14.3. The first kappa shape index (κ1) is 16.5. The number of carbonyl (C=O) groups is 2. The number of nitrogens with one attached hydrogen (secondary N) is 1. The molecule has 24 heavy (non-hydrogen) atoms. The summed E-state index contributed by atoms with van der Waals surface area (Å²) < 4.78 is 0. The average Bonchev–Trinajstić information content (AvgIpc) is 2.64. The second-order valence-electron chi connectivity index (χ2n) is 5.74. The first-order chi connectivity index (χ1) is 11.6. The molecular formula is C18H18ClN3O2. The maximum absolute atomic E-state index is 12.5. The van der Waals surface area contributed by atoms with Crippen molar-refractivity contribution in [2.75, 3.05) is 18.4 Å². The van der Waals surface area contributed by atoms with Crippen LogP contribution in [0.1, 0.15) is 40.1 Å². The lowest BCUT2D eigenvalue weighted by molar-refractivity contribution is 0.0718. The molecule has 1 aromatic carbocycles. The van der Waals surface area contributed by atoms with E-state index in [4.69, 9.17) is 11.6 Å². The number of hydrogen-bond acceptors (Lipinski definition) is 3. The zero-order valence-corrected chi connectivity index (χ0v) is 13.9. The number of hydrogen-bond donors (Lipinski definition) is 1. The van der Waals surface area contributed by atoms with Crippen LogP contribution in [0.2, 0.25) is 5.02 Å². The first-order valence-corrected chi connectivity index (χ1v) is 8.33. The van der Waals surface area contributed by atoms with Gasteiger partial charge < -0.3 is 10.2 Å². The molecule has 2 amide bonds. The van der Waals surface area contributed by atoms with Crippen LogP contribution in [0.25, 0.3) is 0 Å². The van der Waals surface area contributed by atoms with Gasteiger partial charge in [-0.05, 0) is 55.7 Å². The van der Waals surface area contributed by atoms with Crippen molar-refractivity contribution in [3.8, 4) is 0 Å². The van der Waals surface area contributed by atoms with Crippen LogP contribution in [-0.4, -0.2) is 34.8 Å². The standard InChI is InChI=1S/C18H18ClN3O2/c19-14-4-6-15(7-5-14)21-17(23)13-8-9-20-16(12-13)18(24)22-10-2-1-3-11-22/h4-9,12H,1-3,10-11H2,(H,21,23). The van der Waals surface area contributed by atoms with Crippen molar-refractivity contribution in [3.05, 3.63) is 58.9 Å². The third-order valence-corrected chi connectivity index (χ3v) is 4.24. The molecule has 2 heterocycles. The molecule has 2 aromatic rings. The van der Waals surface area contributed by atoms with Gasteiger partial charge in [0.05, 0.1) is 0 Å². The van der Waals surface area contributed by atoms with Crippen LogP contribution in [-0.2, 0) is 0 Å². The van der Waals surface area contributed by atoms with Crippen molar-refractivity contribution in [1.29, 1.82) is 0 Å². The van der Waals surface area contributed by atoms with Gasteiger partial charge in [-0.25, -0.2) is 0 Å². The molecule has 0 spiro atoms. The predicted octanol–water partition coefficient (Wildman–Crippen LogP) is 3.61. The largest absolute Gasteiger partial charge is 0.337 e. The van der Waals surface area contributed by atoms with E-state index < -0.39 is 0 Å². The Morgan fingerprint density at radius 1 is 1.04 bits per heavy atom. The van der Waals surface area contributed by atoms with Gasteiger partial charge in [0, 0.05) is 35.6 Å². The van der Waals surface area contributed by atoms with Gasteiger partial charge in [0.2, 0.25) is 0 Å². The number of nitrogens with zero attached hydrogens (tertiary/aromatic N) is 2. The first-order valence-electron chi connectivity index (χ1n) is 7.96. The van der Waals surface area contributed by atoms with E-state index in [1.165, 1.54) is 6.20 Å². The highest BCUT2D eigenvalue weighted by Crippen LogP contribution is 2.16. The Morgan fingerprint density at radius 2 is 1.75 bits per heavy atom. The highest BCUT2D eigenvalue weighted by Gasteiger charge is 2.20. The quantitative estimate of drug-likeness (QED) is 0.926. The van der Waals surface area contributed by atoms with Crippen molar-refractivity contribution in [2.24, 2.45) is 0 Å². The van der Waals surface area contributed by atoms with Gasteiger partial charge in [0.25, 0.3) is 11.8 Å². The Kier molecular flexibility index (Phi) is 5.11. The lowest BCUT2D eigenvalue weighted by Crippen LogP contribution is -2.36. The predicted molar refractivity (Wildman–Crippen MR) is 93.4 cm³/mol. The highest BCUT2D eigenvalue weighted by molar-refractivity contribution is 6.30. The van der Waals surface area contributed by atoms with E-state index in [1.54, 1.807) is 41.3 Å². The summed E-state index contributed by atoms with van der Waals surface area (Å²) in [6, 6.07) is 9.99. The number of likely N-dealkylation sites (tertiary alicyclic amines) is 1. The average molecular weight is 344 g/mol. The van der Waals surface area contributed by atoms with Crippen molar-refractivity contribution in [2.45, 2.75) is 19.3 Å². The molecule has 3 rings (SSSR count). The number of pyridine rings is 1. The number of anilines is 1. The van der Waals surface area contributed by atoms with Crippen LogP contribution in [0.15, 0.2) is 42.6 Å². The summed E-state index contributed by atoms with van der Waals surface area (Å²) in [5.74, 6) is -0.400. The third kappa shape index (κ3) is 3.92. The van der Waals surface area contributed by atoms with E-state index >= 15 is 0 Å². The smallest absolute Gasteiger partial charge is 0.272 e. The van der Waals surface area contributed by atoms with E-state index in [1.807, 2.05) is 0 Å². The van der Waals surface area contributed by atoms with Crippen molar-refractivity contribution >= 4 is 29.1 Å². The minimum Gasteiger partial charge on any atom is -0.337 e. The van der Waals surface area contributed by atoms with Crippen molar-refractivity contribution in [3.63, 3.8) is 0 Å². The van der Waals surface area contributed by atoms with Gasteiger partial charge in [0.1, 0.15) is 5.69 Å². The van der Waals surface area contributed by atoms with Crippen LogP contribution in [0.3, 0.4) is 0 Å². The Balaban J connectivity index is 1.73. The van der Waals surface area contributed by atoms with E-state index in [-0.39, 0.29) is 11.8 Å². The van der Waals surface area contributed by atoms with E-state index in [2.05, 4.69) is 10.3 Å². The molecule has 1 aliphatic heterocycles. The summed E-state index contributed by atoms with van der Waals surface area (Å²) >= 11 is 5.83. The fourth-order valence-corrected chi connectivity index (χ4v) is 2.81. The SMILES string of the molecule is O=C(Nc1ccc(Cl)cc1)c1ccnc(C(=O)N2CCCCC2)c1. The molecule has 1 aromatic heterocycles. The lowest BCUT2D eigenvalue weighted by atomic mass is 10.1. The minimum atomic E-state index is -0.285. The fourth-order valence-electron chi connectivity index (χ4n) is 2.68. The summed E-state index contributed by atoms with van der Waals surface area (Å²) in [4.78, 5) is 30.8. The molecule has 1 fully saturated rings. The van der Waals surface area contributed by atoms with Crippen LogP contribution in [0, 0.1) is 0 Å². The summed E-state index contributed by atoms with van der Waals surface area (Å²) in [5.41, 5.74) is 1.35. The van der Waals surface area contributed by atoms with Gasteiger partial charge in [-0.1, -0.05) is 11.6 Å². The molecule has 1 saturated heterocycles. The molecule has 6 heteroatoms. The zero-order valence-electron chi connectivity index (χ0n) is 13.2. The number of carbonyl (C=O) groups excluding carboxylic acids is 2. The summed E-state index contributed by atoms with van der Waals surface area (Å²) in [6.07, 6.45) is 4.68. The maximum atomic E-state index is 12.5. The second-order valence-corrected chi connectivity index (χ2v) is 6.18. The molecule has 5 nitrogen and oxygen atoms in total. The van der Waals surface area contributed by atoms with Gasteiger partial charge in [0.15, 0.2) is 0 Å². The second kappa shape index (κ2) is 7.45. The van der Waals surface area contributed by atoms with Crippen LogP contribution in [0.4, 0.5) is 5.69 Å². The van der Waals surface area contributed by atoms with Crippen LogP contribution < -0.4 is 5.32 Å². The van der Waals surface area contributed by atoms with E-state index in [0.29, 0.717) is 22.0 Å². The lowest BCUT2D eigenvalue weighted by Gasteiger charge is -2.26. The van der Waals surface area contributed by atoms with E-state index in [0.717, 1.165) is 32.4 Å². The van der Waals surface area contributed by atoms with Crippen molar-refractivity contribution < 1.29 is 9.59 Å². The van der Waals surface area contributed by atoms with Gasteiger partial charge in [-0.2, -0.15) is 0 Å². The number of piperidine rings is 1. The van der Waals surface area contributed by atoms with Gasteiger partial charge >= 0.3 is 0 Å². The maximum Gasteiger partial charge on any atom is 0.272 e. The number of benzene rings is 1. The van der Waals surface area contributed by atoms with Gasteiger partial charge in [-0.15, -0.1) is 0 Å². The topological polar surface area (TPSA) is 62.3 Å². The van der Waals surface area contributed by atoms with Crippen molar-refractivity contribution in [1.82, 2.24) is 9.88 Å². The summed E-state index contributed by atoms with van der Waals surface area (Å²) in [5, 5.41) is 3.38. The Hall–Kier alpha value is -2.40. The summed E-state index contributed by atoms with van der Waals surface area (Å²) in [7, 11) is 0. The van der Waals surface area contributed by atoms with Crippen LogP contribution >= 0.6 is 11.6 Å². The summed E-state index contributed by atoms with van der Waals surface area (Å²) in [6.45, 7) is 1.50. The molecule has 124 valence electrons. The number of aromatic nitrogens is 1. The third-order valence-electron chi connectivity index (χ3n) is 3.99. The molecular weight excluding hydrogens is 326 g/mol. The molecule has 1 N–H and O–H groups in total. The Labute approximate surface area is 145 Å². The molecule has 0 radical (unpaired) electrons. The minimum absolute atomic E-state index is 0.115. The number of rotatable bonds is 3.